The standard InChI is InChI=1S/C12H10N4/c1-9-11-5-3-2-4-10(11)6-7-12(9)16-14-8-13-15-16/h2-8H,1H3. The minimum absolute atomic E-state index is 0.969. The fraction of sp³-hybridized carbons (Fsp3) is 0.0833. The highest BCUT2D eigenvalue weighted by molar-refractivity contribution is 5.88. The molecule has 0 aliphatic rings. The second kappa shape index (κ2) is 3.41. The number of nitrogens with zero attached hydrogens (tertiary/aromatic N) is 4. The van der Waals surface area contributed by atoms with E-state index in [1.165, 1.54) is 17.1 Å². The highest BCUT2D eigenvalue weighted by atomic mass is 15.6. The lowest BCUT2D eigenvalue weighted by molar-refractivity contribution is 0.717. The van der Waals surface area contributed by atoms with Crippen LogP contribution < -0.4 is 0 Å². The van der Waals surface area contributed by atoms with Gasteiger partial charge in [-0.15, -0.1) is 15.0 Å². The van der Waals surface area contributed by atoms with E-state index in [-0.39, 0.29) is 0 Å². The zero-order chi connectivity index (χ0) is 11.0. The van der Waals surface area contributed by atoms with Crippen LogP contribution in [-0.2, 0) is 0 Å². The number of aryl methyl sites for hydroxylation is 1. The van der Waals surface area contributed by atoms with Crippen molar-refractivity contribution in [2.75, 3.05) is 0 Å². The first-order valence-corrected chi connectivity index (χ1v) is 5.08. The van der Waals surface area contributed by atoms with Crippen LogP contribution in [0.4, 0.5) is 0 Å². The molecule has 4 heteroatoms. The minimum atomic E-state index is 0.969. The van der Waals surface area contributed by atoms with Crippen LogP contribution >= 0.6 is 0 Å². The second-order valence-corrected chi connectivity index (χ2v) is 3.66. The lowest BCUT2D eigenvalue weighted by atomic mass is 10.0. The Morgan fingerprint density at radius 3 is 2.75 bits per heavy atom. The molecule has 0 aliphatic heterocycles. The molecular formula is C12H10N4. The van der Waals surface area contributed by atoms with E-state index in [4.69, 9.17) is 0 Å². The summed E-state index contributed by atoms with van der Waals surface area (Å²) in [7, 11) is 0. The van der Waals surface area contributed by atoms with Crippen LogP contribution in [0.25, 0.3) is 16.5 Å². The van der Waals surface area contributed by atoms with Crippen molar-refractivity contribution in [1.82, 2.24) is 20.2 Å². The number of fused-ring (bicyclic) bond motifs is 1. The quantitative estimate of drug-likeness (QED) is 0.618. The Morgan fingerprint density at radius 2 is 1.94 bits per heavy atom. The minimum Gasteiger partial charge on any atom is -0.135 e. The summed E-state index contributed by atoms with van der Waals surface area (Å²) in [4.78, 5) is 1.54. The van der Waals surface area contributed by atoms with Crippen molar-refractivity contribution in [1.29, 1.82) is 0 Å². The Labute approximate surface area is 92.5 Å². The highest BCUT2D eigenvalue weighted by Crippen LogP contribution is 2.23. The van der Waals surface area contributed by atoms with Crippen molar-refractivity contribution >= 4 is 10.8 Å². The van der Waals surface area contributed by atoms with E-state index in [1.54, 1.807) is 4.80 Å². The topological polar surface area (TPSA) is 43.6 Å². The van der Waals surface area contributed by atoms with Gasteiger partial charge < -0.3 is 0 Å². The third-order valence-electron chi connectivity index (χ3n) is 2.73. The highest BCUT2D eigenvalue weighted by Gasteiger charge is 2.06. The summed E-state index contributed by atoms with van der Waals surface area (Å²) in [6.07, 6.45) is 1.44. The largest absolute Gasteiger partial charge is 0.162 e. The first-order valence-electron chi connectivity index (χ1n) is 5.08. The predicted molar refractivity (Wildman–Crippen MR) is 61.4 cm³/mol. The van der Waals surface area contributed by atoms with Crippen molar-refractivity contribution in [3.8, 4) is 5.69 Å². The summed E-state index contributed by atoms with van der Waals surface area (Å²) in [6.45, 7) is 2.07. The van der Waals surface area contributed by atoms with Crippen molar-refractivity contribution in [2.45, 2.75) is 6.92 Å². The van der Waals surface area contributed by atoms with Gasteiger partial charge in [-0.05, 0) is 34.5 Å². The Balaban J connectivity index is 2.32. The molecule has 0 N–H and O–H groups in total. The number of benzene rings is 2. The molecule has 0 radical (unpaired) electrons. The van der Waals surface area contributed by atoms with Gasteiger partial charge in [0.25, 0.3) is 0 Å². The molecule has 16 heavy (non-hydrogen) atoms. The van der Waals surface area contributed by atoms with Crippen molar-refractivity contribution in [2.24, 2.45) is 0 Å². The monoisotopic (exact) mass is 210 g/mol. The third-order valence-corrected chi connectivity index (χ3v) is 2.73. The molecule has 1 heterocycles. The Hall–Kier alpha value is -2.23. The Bertz CT molecular complexity index is 629. The van der Waals surface area contributed by atoms with Gasteiger partial charge in [0.15, 0.2) is 6.33 Å². The molecule has 0 saturated heterocycles. The average molecular weight is 210 g/mol. The van der Waals surface area contributed by atoms with E-state index < -0.39 is 0 Å². The smallest absolute Gasteiger partial charge is 0.135 e. The molecule has 0 spiro atoms. The van der Waals surface area contributed by atoms with Crippen LogP contribution in [0.5, 0.6) is 0 Å². The lowest BCUT2D eigenvalue weighted by Gasteiger charge is -2.07. The van der Waals surface area contributed by atoms with E-state index in [9.17, 15) is 0 Å². The first kappa shape index (κ1) is 9.03. The molecule has 0 atom stereocenters. The summed E-state index contributed by atoms with van der Waals surface area (Å²) in [5.74, 6) is 0. The van der Waals surface area contributed by atoms with Gasteiger partial charge in [0.2, 0.25) is 0 Å². The molecule has 2 aromatic carbocycles. The lowest BCUT2D eigenvalue weighted by Crippen LogP contribution is -2.01. The summed E-state index contributed by atoms with van der Waals surface area (Å²) in [6, 6.07) is 12.4. The summed E-state index contributed by atoms with van der Waals surface area (Å²) in [5, 5.41) is 14.1. The molecule has 1 aromatic heterocycles. The number of hydrogen-bond donors (Lipinski definition) is 0. The molecule has 78 valence electrons. The van der Waals surface area contributed by atoms with E-state index in [2.05, 4.69) is 40.5 Å². The van der Waals surface area contributed by atoms with E-state index >= 15 is 0 Å². The van der Waals surface area contributed by atoms with Crippen LogP contribution in [0, 0.1) is 6.92 Å². The molecule has 0 unspecified atom stereocenters. The molecule has 4 nitrogen and oxygen atoms in total. The van der Waals surface area contributed by atoms with Crippen LogP contribution in [-0.4, -0.2) is 20.2 Å². The van der Waals surface area contributed by atoms with Gasteiger partial charge in [0.05, 0.1) is 5.69 Å². The van der Waals surface area contributed by atoms with Gasteiger partial charge in [-0.3, -0.25) is 0 Å². The van der Waals surface area contributed by atoms with Crippen molar-refractivity contribution < 1.29 is 0 Å². The fourth-order valence-corrected chi connectivity index (χ4v) is 1.91. The molecule has 0 aliphatic carbocycles. The average Bonchev–Trinajstić information content (AvgIpc) is 2.83. The van der Waals surface area contributed by atoms with Crippen LogP contribution in [0.3, 0.4) is 0 Å². The Morgan fingerprint density at radius 1 is 1.06 bits per heavy atom. The normalized spacial score (nSPS) is 10.8. The van der Waals surface area contributed by atoms with Crippen LogP contribution in [0.15, 0.2) is 42.7 Å². The molecule has 0 fully saturated rings. The van der Waals surface area contributed by atoms with E-state index in [1.807, 2.05) is 18.2 Å². The first-order chi connectivity index (χ1) is 7.86. The maximum Gasteiger partial charge on any atom is 0.162 e. The van der Waals surface area contributed by atoms with Gasteiger partial charge in [0.1, 0.15) is 0 Å². The van der Waals surface area contributed by atoms with Crippen molar-refractivity contribution in [3.05, 3.63) is 48.3 Å². The van der Waals surface area contributed by atoms with Gasteiger partial charge in [-0.25, -0.2) is 0 Å². The number of aromatic nitrogens is 4. The van der Waals surface area contributed by atoms with E-state index in [0.717, 1.165) is 11.3 Å². The number of rotatable bonds is 1. The molecule has 0 amide bonds. The fourth-order valence-electron chi connectivity index (χ4n) is 1.91. The summed E-state index contributed by atoms with van der Waals surface area (Å²) in [5.41, 5.74) is 2.13. The number of tetrazole rings is 1. The van der Waals surface area contributed by atoms with Gasteiger partial charge in [-0.1, -0.05) is 30.3 Å². The van der Waals surface area contributed by atoms with Gasteiger partial charge in [-0.2, -0.15) is 0 Å². The van der Waals surface area contributed by atoms with Crippen LogP contribution in [0.2, 0.25) is 0 Å². The maximum absolute atomic E-state index is 4.05. The van der Waals surface area contributed by atoms with Gasteiger partial charge in [0, 0.05) is 0 Å². The SMILES string of the molecule is Cc1c(-n2ncnn2)ccc2ccccc12. The zero-order valence-electron chi connectivity index (χ0n) is 8.83. The summed E-state index contributed by atoms with van der Waals surface area (Å²) < 4.78 is 0. The Kier molecular flexibility index (Phi) is 1.93. The molecule has 0 saturated carbocycles. The summed E-state index contributed by atoms with van der Waals surface area (Å²) >= 11 is 0. The van der Waals surface area contributed by atoms with E-state index in [0.29, 0.717) is 0 Å². The number of hydrogen-bond acceptors (Lipinski definition) is 3. The van der Waals surface area contributed by atoms with Crippen LogP contribution in [0.1, 0.15) is 5.56 Å². The van der Waals surface area contributed by atoms with Crippen molar-refractivity contribution in [3.63, 3.8) is 0 Å². The third kappa shape index (κ3) is 1.27. The molecule has 0 bridgehead atoms. The predicted octanol–water partition coefficient (Wildman–Crippen LogP) is 2.12. The molecular weight excluding hydrogens is 200 g/mol. The zero-order valence-corrected chi connectivity index (χ0v) is 8.83. The maximum atomic E-state index is 4.05. The molecule has 3 rings (SSSR count). The second-order valence-electron chi connectivity index (χ2n) is 3.66. The molecule has 3 aromatic rings. The van der Waals surface area contributed by atoms with Gasteiger partial charge >= 0.3 is 0 Å².